The molecule has 4 aliphatic rings. The Bertz CT molecular complexity index is 1180. The lowest BCUT2D eigenvalue weighted by Gasteiger charge is -2.55. The number of hydrogen-bond acceptors (Lipinski definition) is 4. The number of amides is 1. The topological polar surface area (TPSA) is 48.5 Å². The molecule has 3 aromatic rings. The number of carbonyl (C=O) groups excluding carboxylic acids is 1. The molecule has 7 rings (SSSR count). The van der Waals surface area contributed by atoms with Crippen molar-refractivity contribution in [3.63, 3.8) is 0 Å². The van der Waals surface area contributed by atoms with Gasteiger partial charge in [0.15, 0.2) is 0 Å². The van der Waals surface area contributed by atoms with Gasteiger partial charge in [-0.1, -0.05) is 54.1 Å². The van der Waals surface area contributed by atoms with E-state index in [2.05, 4.69) is 50.4 Å². The highest BCUT2D eigenvalue weighted by molar-refractivity contribution is 6.35. The van der Waals surface area contributed by atoms with Crippen LogP contribution in [0, 0.1) is 12.8 Å². The number of fused-ring (bicyclic) bond motifs is 2. The predicted octanol–water partition coefficient (Wildman–Crippen LogP) is 3.49. The minimum Gasteiger partial charge on any atom is -0.348 e. The molecule has 0 spiro atoms. The second-order valence-corrected chi connectivity index (χ2v) is 10.1. The van der Waals surface area contributed by atoms with Crippen molar-refractivity contribution in [1.82, 2.24) is 20.1 Å². The minimum atomic E-state index is -0.107. The molecule has 1 N–H and O–H groups in total. The molecule has 6 heteroatoms. The van der Waals surface area contributed by atoms with Crippen LogP contribution in [-0.4, -0.2) is 66.0 Å². The lowest BCUT2D eigenvalue weighted by Crippen LogP contribution is -2.70. The van der Waals surface area contributed by atoms with Crippen LogP contribution >= 0.6 is 11.6 Å². The highest BCUT2D eigenvalue weighted by Crippen LogP contribution is 2.43. The highest BCUT2D eigenvalue weighted by atomic mass is 35.5. The van der Waals surface area contributed by atoms with E-state index in [0.29, 0.717) is 22.0 Å². The van der Waals surface area contributed by atoms with Gasteiger partial charge in [0.2, 0.25) is 0 Å². The fourth-order valence-corrected chi connectivity index (χ4v) is 6.53. The molecule has 3 atom stereocenters. The van der Waals surface area contributed by atoms with E-state index >= 15 is 0 Å². The molecule has 4 saturated heterocycles. The molecule has 4 fully saturated rings. The van der Waals surface area contributed by atoms with Crippen LogP contribution in [0.15, 0.2) is 54.6 Å². The number of benzene rings is 2. The summed E-state index contributed by atoms with van der Waals surface area (Å²) in [6, 6.07) is 18.4. The quantitative estimate of drug-likeness (QED) is 0.669. The van der Waals surface area contributed by atoms with Crippen molar-refractivity contribution in [1.29, 1.82) is 0 Å². The smallest absolute Gasteiger partial charge is 0.252 e. The standard InChI is InChI=1S/C26H27ClN4O/c1-17-12-21(20-8-5-9-22(27)23(20)28-17)25(32)29-24-18-13-30-10-11-31(14-18)16-26(24,15-30)19-6-3-2-4-7-19/h2-9,12,18,24H,10-11,13-16H2,1H3,(H,29,32)/t18?,24-,26?/m1/s1. The predicted molar refractivity (Wildman–Crippen MR) is 127 cm³/mol. The summed E-state index contributed by atoms with van der Waals surface area (Å²) in [4.78, 5) is 23.5. The van der Waals surface area contributed by atoms with Crippen molar-refractivity contribution in [2.24, 2.45) is 5.92 Å². The number of pyridine rings is 1. The number of aromatic nitrogens is 1. The molecule has 4 bridgehead atoms. The third kappa shape index (κ3) is 3.14. The molecule has 5 heterocycles. The summed E-state index contributed by atoms with van der Waals surface area (Å²) in [7, 11) is 0. The van der Waals surface area contributed by atoms with Crippen LogP contribution in [0.5, 0.6) is 0 Å². The lowest BCUT2D eigenvalue weighted by atomic mass is 9.64. The molecule has 0 aliphatic carbocycles. The molecule has 164 valence electrons. The number of nitrogens with one attached hydrogen (secondary N) is 1. The molecule has 0 saturated carbocycles. The molecule has 0 radical (unpaired) electrons. The van der Waals surface area contributed by atoms with Crippen LogP contribution in [0.1, 0.15) is 21.6 Å². The first kappa shape index (κ1) is 20.2. The Labute approximate surface area is 193 Å². The van der Waals surface area contributed by atoms with Gasteiger partial charge in [-0.25, -0.2) is 0 Å². The fraction of sp³-hybridized carbons (Fsp3) is 0.385. The average molecular weight is 447 g/mol. The Morgan fingerprint density at radius 2 is 1.78 bits per heavy atom. The van der Waals surface area contributed by atoms with E-state index in [1.165, 1.54) is 5.56 Å². The lowest BCUT2D eigenvalue weighted by molar-refractivity contribution is 0.0181. The van der Waals surface area contributed by atoms with Crippen molar-refractivity contribution < 1.29 is 4.79 Å². The monoisotopic (exact) mass is 446 g/mol. The zero-order valence-electron chi connectivity index (χ0n) is 18.2. The first-order chi connectivity index (χ1) is 15.5. The van der Waals surface area contributed by atoms with Crippen molar-refractivity contribution in [3.8, 4) is 0 Å². The van der Waals surface area contributed by atoms with E-state index in [1.807, 2.05) is 31.2 Å². The molecule has 1 amide bonds. The van der Waals surface area contributed by atoms with E-state index in [9.17, 15) is 4.79 Å². The summed E-state index contributed by atoms with van der Waals surface area (Å²) in [5.74, 6) is 0.376. The Hall–Kier alpha value is -2.47. The van der Waals surface area contributed by atoms with Gasteiger partial charge in [0.1, 0.15) is 0 Å². The van der Waals surface area contributed by atoms with E-state index in [-0.39, 0.29) is 17.4 Å². The number of hydrogen-bond donors (Lipinski definition) is 1. The summed E-state index contributed by atoms with van der Waals surface area (Å²) in [5.41, 5.74) is 3.36. The zero-order valence-corrected chi connectivity index (χ0v) is 19.0. The van der Waals surface area contributed by atoms with Crippen molar-refractivity contribution in [2.45, 2.75) is 18.4 Å². The van der Waals surface area contributed by atoms with Gasteiger partial charge < -0.3 is 15.1 Å². The number of nitrogens with zero attached hydrogens (tertiary/aromatic N) is 3. The van der Waals surface area contributed by atoms with Crippen molar-refractivity contribution in [3.05, 3.63) is 76.4 Å². The molecule has 5 nitrogen and oxygen atoms in total. The minimum absolute atomic E-state index is 0.0285. The van der Waals surface area contributed by atoms with E-state index in [0.717, 1.165) is 50.3 Å². The van der Waals surface area contributed by atoms with Gasteiger partial charge in [-0.3, -0.25) is 9.78 Å². The van der Waals surface area contributed by atoms with Crippen molar-refractivity contribution in [2.75, 3.05) is 39.3 Å². The summed E-state index contributed by atoms with van der Waals surface area (Å²) < 4.78 is 0. The van der Waals surface area contributed by atoms with Gasteiger partial charge in [0.25, 0.3) is 5.91 Å². The Balaban J connectivity index is 1.42. The van der Waals surface area contributed by atoms with Crippen LogP contribution in [0.4, 0.5) is 0 Å². The summed E-state index contributed by atoms with van der Waals surface area (Å²) >= 11 is 6.41. The third-order valence-corrected chi connectivity index (χ3v) is 7.90. The largest absolute Gasteiger partial charge is 0.348 e. The summed E-state index contributed by atoms with van der Waals surface area (Å²) in [6.07, 6.45) is 0. The first-order valence-electron chi connectivity index (χ1n) is 11.4. The van der Waals surface area contributed by atoms with E-state index in [1.54, 1.807) is 0 Å². The van der Waals surface area contributed by atoms with Gasteiger partial charge in [0.05, 0.1) is 16.1 Å². The number of rotatable bonds is 3. The number of halogens is 1. The second-order valence-electron chi connectivity index (χ2n) is 9.65. The number of piperidine rings is 2. The zero-order chi connectivity index (χ0) is 21.9. The van der Waals surface area contributed by atoms with Gasteiger partial charge in [-0.05, 0) is 24.6 Å². The van der Waals surface area contributed by atoms with Crippen LogP contribution in [0.2, 0.25) is 5.02 Å². The maximum atomic E-state index is 13.8. The molecule has 2 unspecified atom stereocenters. The maximum Gasteiger partial charge on any atom is 0.252 e. The van der Waals surface area contributed by atoms with E-state index in [4.69, 9.17) is 11.6 Å². The molecule has 32 heavy (non-hydrogen) atoms. The van der Waals surface area contributed by atoms with Crippen LogP contribution in [0.25, 0.3) is 10.9 Å². The van der Waals surface area contributed by atoms with Crippen LogP contribution in [0.3, 0.4) is 0 Å². The average Bonchev–Trinajstić information content (AvgIpc) is 3.05. The first-order valence-corrected chi connectivity index (χ1v) is 11.8. The summed E-state index contributed by atoms with van der Waals surface area (Å²) in [5, 5.41) is 4.91. The number of para-hydroxylation sites is 1. The normalized spacial score (nSPS) is 30.9. The third-order valence-electron chi connectivity index (χ3n) is 7.59. The molecular weight excluding hydrogens is 420 g/mol. The SMILES string of the molecule is Cc1cc(C(=O)N[C@@H]2C3CN4CCN(C3)CC2(c2ccccc2)C4)c2cccc(Cl)c2n1. The molecule has 4 aliphatic heterocycles. The number of aryl methyl sites for hydroxylation is 1. The Morgan fingerprint density at radius 3 is 2.50 bits per heavy atom. The van der Waals surface area contributed by atoms with E-state index < -0.39 is 0 Å². The van der Waals surface area contributed by atoms with Gasteiger partial charge in [-0.15, -0.1) is 0 Å². The Kier molecular flexibility index (Phi) is 4.75. The van der Waals surface area contributed by atoms with Gasteiger partial charge >= 0.3 is 0 Å². The highest BCUT2D eigenvalue weighted by Gasteiger charge is 2.55. The Morgan fingerprint density at radius 1 is 1.06 bits per heavy atom. The van der Waals surface area contributed by atoms with Crippen LogP contribution < -0.4 is 5.32 Å². The fourth-order valence-electron chi connectivity index (χ4n) is 6.32. The summed E-state index contributed by atoms with van der Waals surface area (Å²) in [6.45, 7) is 8.18. The molecular formula is C26H27ClN4O. The van der Waals surface area contributed by atoms with Crippen LogP contribution in [-0.2, 0) is 5.41 Å². The molecule has 2 aromatic carbocycles. The molecule has 1 aromatic heterocycles. The van der Waals surface area contributed by atoms with Gasteiger partial charge in [-0.2, -0.15) is 0 Å². The van der Waals surface area contributed by atoms with Crippen molar-refractivity contribution >= 4 is 28.4 Å². The van der Waals surface area contributed by atoms with Gasteiger partial charge in [0, 0.05) is 67.7 Å². The maximum absolute atomic E-state index is 13.8. The second kappa shape index (κ2) is 7.55. The number of carbonyl (C=O) groups is 1.